The lowest BCUT2D eigenvalue weighted by atomic mass is 10.0. The zero-order valence-electron chi connectivity index (χ0n) is 14.9. The van der Waals surface area contributed by atoms with Gasteiger partial charge in [-0.3, -0.25) is 4.79 Å². The van der Waals surface area contributed by atoms with Crippen molar-refractivity contribution in [3.8, 4) is 0 Å². The molecule has 3 aromatic heterocycles. The molecule has 0 radical (unpaired) electrons. The molecular weight excluding hydrogens is 397 g/mol. The van der Waals surface area contributed by atoms with E-state index in [4.69, 9.17) is 5.73 Å². The van der Waals surface area contributed by atoms with Crippen molar-refractivity contribution in [2.45, 2.75) is 18.6 Å². The number of anilines is 2. The van der Waals surface area contributed by atoms with Crippen LogP contribution in [0.2, 0.25) is 0 Å². The van der Waals surface area contributed by atoms with Crippen LogP contribution in [-0.4, -0.2) is 27.0 Å². The van der Waals surface area contributed by atoms with Crippen molar-refractivity contribution < 1.29 is 19.1 Å². The number of hydrogen-bond acceptors (Lipinski definition) is 7. The molecule has 0 aromatic carbocycles. The molecule has 2 atom stereocenters. The number of carbonyl (C=O) groups is 2. The van der Waals surface area contributed by atoms with Gasteiger partial charge in [-0.25, -0.2) is 14.8 Å². The van der Waals surface area contributed by atoms with E-state index in [9.17, 15) is 19.1 Å². The number of amides is 1. The fourth-order valence-electron chi connectivity index (χ4n) is 3.48. The molecule has 0 spiro atoms. The lowest BCUT2D eigenvalue weighted by Crippen LogP contribution is -2.35. The molecule has 1 aliphatic heterocycles. The Hall–Kier alpha value is -3.53. The van der Waals surface area contributed by atoms with Gasteiger partial charge in [-0.2, -0.15) is 15.7 Å². The maximum atomic E-state index is 13.4. The summed E-state index contributed by atoms with van der Waals surface area (Å²) in [7, 11) is 0. The van der Waals surface area contributed by atoms with Crippen LogP contribution >= 0.6 is 11.3 Å². The molecule has 4 N–H and O–H groups in total. The Morgan fingerprint density at radius 3 is 2.76 bits per heavy atom. The summed E-state index contributed by atoms with van der Waals surface area (Å²) in [5, 5.41) is 16.8. The Balaban J connectivity index is 1.91. The Morgan fingerprint density at radius 1 is 1.31 bits per heavy atom. The molecular formula is C19H16FN5O3S. The highest BCUT2D eigenvalue weighted by molar-refractivity contribution is 7.08. The van der Waals surface area contributed by atoms with Gasteiger partial charge in [-0.1, -0.05) is 6.07 Å². The highest BCUT2D eigenvalue weighted by Gasteiger charge is 2.40. The Labute approximate surface area is 168 Å². The monoisotopic (exact) mass is 413 g/mol. The Bertz CT molecular complexity index is 1060. The molecule has 0 saturated heterocycles. The van der Waals surface area contributed by atoms with Crippen molar-refractivity contribution in [3.05, 3.63) is 70.1 Å². The summed E-state index contributed by atoms with van der Waals surface area (Å²) in [6, 6.07) is 5.31. The molecule has 1 amide bonds. The summed E-state index contributed by atoms with van der Waals surface area (Å²) < 4.78 is 13.4. The van der Waals surface area contributed by atoms with Crippen LogP contribution in [0, 0.1) is 5.95 Å². The second kappa shape index (κ2) is 7.47. The lowest BCUT2D eigenvalue weighted by Gasteiger charge is -2.34. The minimum absolute atomic E-state index is 0.0322. The number of carboxylic acid groups (broad SMARTS) is 1. The van der Waals surface area contributed by atoms with Crippen LogP contribution in [0.25, 0.3) is 0 Å². The van der Waals surface area contributed by atoms with E-state index in [1.165, 1.54) is 41.9 Å². The fraction of sp³-hybridized carbons (Fsp3) is 0.158. The second-order valence-corrected chi connectivity index (χ2v) is 7.25. The molecule has 0 fully saturated rings. The van der Waals surface area contributed by atoms with E-state index in [-0.39, 0.29) is 12.0 Å². The average Bonchev–Trinajstić information content (AvgIpc) is 3.34. The van der Waals surface area contributed by atoms with E-state index in [1.54, 1.807) is 4.90 Å². The number of pyridine rings is 2. The molecule has 8 nitrogen and oxygen atoms in total. The first-order valence-electron chi connectivity index (χ1n) is 8.64. The molecule has 10 heteroatoms. The van der Waals surface area contributed by atoms with Crippen molar-refractivity contribution >= 4 is 34.7 Å². The van der Waals surface area contributed by atoms with Gasteiger partial charge in [0, 0.05) is 18.0 Å². The van der Waals surface area contributed by atoms with Gasteiger partial charge in [0.25, 0.3) is 0 Å². The van der Waals surface area contributed by atoms with Gasteiger partial charge in [0.2, 0.25) is 11.9 Å². The number of halogens is 1. The maximum Gasteiger partial charge on any atom is 0.338 e. The number of aromatic carboxylic acids is 1. The zero-order valence-corrected chi connectivity index (χ0v) is 15.8. The van der Waals surface area contributed by atoms with Crippen LogP contribution in [0.3, 0.4) is 0 Å². The molecule has 148 valence electrons. The van der Waals surface area contributed by atoms with Crippen LogP contribution in [0.1, 0.15) is 40.1 Å². The topological polar surface area (TPSA) is 121 Å². The van der Waals surface area contributed by atoms with Gasteiger partial charge in [0.15, 0.2) is 5.82 Å². The van der Waals surface area contributed by atoms with Crippen molar-refractivity contribution in [1.82, 2.24) is 9.97 Å². The number of aromatic nitrogens is 2. The molecule has 3 aromatic rings. The number of nitrogens with two attached hydrogens (primary N) is 1. The zero-order chi connectivity index (χ0) is 20.5. The number of nitrogens with one attached hydrogen (secondary N) is 1. The third-order valence-electron chi connectivity index (χ3n) is 4.69. The van der Waals surface area contributed by atoms with Gasteiger partial charge in [-0.15, -0.1) is 0 Å². The van der Waals surface area contributed by atoms with Crippen molar-refractivity contribution in [2.24, 2.45) is 5.73 Å². The minimum Gasteiger partial charge on any atom is -0.478 e. The van der Waals surface area contributed by atoms with E-state index in [1.807, 2.05) is 16.8 Å². The summed E-state index contributed by atoms with van der Waals surface area (Å²) in [4.78, 5) is 33.5. The number of thiophene rings is 1. The molecule has 0 aliphatic carbocycles. The van der Waals surface area contributed by atoms with E-state index >= 15 is 0 Å². The molecule has 0 saturated carbocycles. The van der Waals surface area contributed by atoms with Crippen LogP contribution in [-0.2, 0) is 4.79 Å². The van der Waals surface area contributed by atoms with Crippen molar-refractivity contribution in [3.63, 3.8) is 0 Å². The Kier molecular flexibility index (Phi) is 4.85. The molecule has 0 bridgehead atoms. The normalized spacial score (nSPS) is 16.2. The van der Waals surface area contributed by atoms with Crippen LogP contribution in [0.4, 0.5) is 15.9 Å². The van der Waals surface area contributed by atoms with Crippen molar-refractivity contribution in [2.75, 3.05) is 10.2 Å². The summed E-state index contributed by atoms with van der Waals surface area (Å²) >= 11 is 1.48. The van der Waals surface area contributed by atoms with Crippen LogP contribution < -0.4 is 16.0 Å². The smallest absolute Gasteiger partial charge is 0.338 e. The summed E-state index contributed by atoms with van der Waals surface area (Å²) in [5.41, 5.74) is 7.27. The van der Waals surface area contributed by atoms with E-state index in [0.717, 1.165) is 5.56 Å². The first kappa shape index (κ1) is 18.8. The lowest BCUT2D eigenvalue weighted by molar-refractivity contribution is -0.118. The van der Waals surface area contributed by atoms with Crippen LogP contribution in [0.15, 0.2) is 47.4 Å². The largest absolute Gasteiger partial charge is 0.478 e. The molecule has 4 rings (SSSR count). The number of carbonyl (C=O) groups excluding carboxylic acids is 1. The molecule has 1 aliphatic rings. The van der Waals surface area contributed by atoms with Crippen molar-refractivity contribution in [1.29, 1.82) is 0 Å². The highest BCUT2D eigenvalue weighted by Crippen LogP contribution is 2.48. The van der Waals surface area contributed by atoms with Crippen LogP contribution in [0.5, 0.6) is 0 Å². The van der Waals surface area contributed by atoms with Gasteiger partial charge in [0.1, 0.15) is 6.17 Å². The van der Waals surface area contributed by atoms with Gasteiger partial charge in [-0.05, 0) is 34.5 Å². The summed E-state index contributed by atoms with van der Waals surface area (Å²) in [6.07, 6.45) is 2.12. The highest BCUT2D eigenvalue weighted by atomic mass is 32.1. The number of hydrogen-bond donors (Lipinski definition) is 3. The Morgan fingerprint density at radius 2 is 2.14 bits per heavy atom. The number of rotatable bonds is 6. The summed E-state index contributed by atoms with van der Waals surface area (Å²) in [5.74, 6) is -1.99. The first-order chi connectivity index (χ1) is 14.0. The number of primary amides is 1. The van der Waals surface area contributed by atoms with Gasteiger partial charge >= 0.3 is 5.97 Å². The van der Waals surface area contributed by atoms with Gasteiger partial charge < -0.3 is 21.1 Å². The SMILES string of the molecule is NC(=O)CC(c1ccc(F)nc1)N1c2c(C(=O)O)ccnc2NC1c1ccsc1. The quantitative estimate of drug-likeness (QED) is 0.531. The fourth-order valence-corrected chi connectivity index (χ4v) is 4.16. The third kappa shape index (κ3) is 3.49. The number of carboxylic acids is 1. The predicted molar refractivity (Wildman–Crippen MR) is 105 cm³/mol. The minimum atomic E-state index is -1.13. The molecule has 29 heavy (non-hydrogen) atoms. The first-order valence-corrected chi connectivity index (χ1v) is 9.59. The van der Waals surface area contributed by atoms with Gasteiger partial charge in [0.05, 0.1) is 23.7 Å². The maximum absolute atomic E-state index is 13.4. The molecule has 2 unspecified atom stereocenters. The predicted octanol–water partition coefficient (Wildman–Crippen LogP) is 2.92. The van der Waals surface area contributed by atoms with E-state index in [2.05, 4.69) is 15.3 Å². The average molecular weight is 413 g/mol. The number of nitrogens with zero attached hydrogens (tertiary/aromatic N) is 3. The van der Waals surface area contributed by atoms with E-state index < -0.39 is 30.0 Å². The second-order valence-electron chi connectivity index (χ2n) is 6.47. The van der Waals surface area contributed by atoms with E-state index in [0.29, 0.717) is 17.1 Å². The molecule has 4 heterocycles. The third-order valence-corrected chi connectivity index (χ3v) is 5.39. The standard InChI is InChI=1S/C19H16FN5O3S/c20-14-2-1-10(8-23-14)13(7-15(21)26)25-16-12(19(27)28)3-5-22-17(16)24-18(25)11-4-6-29-9-11/h1-6,8-9,13,18H,7H2,(H2,21,26)(H,22,24)(H,27,28). The summed E-state index contributed by atoms with van der Waals surface area (Å²) in [6.45, 7) is 0. The number of fused-ring (bicyclic) bond motifs is 1.